The molecule has 4 rings (SSSR count). The third-order valence-electron chi connectivity index (χ3n) is 4.88. The van der Waals surface area contributed by atoms with Crippen LogP contribution in [-0.2, 0) is 0 Å². The molecule has 1 aliphatic rings. The number of hydrogen-bond acceptors (Lipinski definition) is 2. The number of piperidine rings is 1. The molecule has 0 bridgehead atoms. The van der Waals surface area contributed by atoms with Gasteiger partial charge in [-0.05, 0) is 42.5 Å². The molecule has 0 spiro atoms. The minimum Gasteiger partial charge on any atom is -0.337 e. The first kappa shape index (κ1) is 15.6. The largest absolute Gasteiger partial charge is 0.337 e. The van der Waals surface area contributed by atoms with Crippen LogP contribution in [0.4, 0.5) is 0 Å². The molecular formula is C21H21N3O. The van der Waals surface area contributed by atoms with E-state index in [1.165, 1.54) is 5.56 Å². The van der Waals surface area contributed by atoms with Crippen molar-refractivity contribution in [2.45, 2.75) is 18.8 Å². The van der Waals surface area contributed by atoms with E-state index in [0.29, 0.717) is 11.6 Å². The molecule has 1 aliphatic heterocycles. The molecule has 4 heteroatoms. The van der Waals surface area contributed by atoms with Crippen LogP contribution in [-0.4, -0.2) is 33.7 Å². The van der Waals surface area contributed by atoms with Gasteiger partial charge in [0.05, 0.1) is 5.69 Å². The highest BCUT2D eigenvalue weighted by molar-refractivity contribution is 5.92. The predicted molar refractivity (Wildman–Crippen MR) is 97.9 cm³/mol. The first-order valence-electron chi connectivity index (χ1n) is 8.76. The van der Waals surface area contributed by atoms with Crippen molar-refractivity contribution in [1.82, 2.24) is 14.7 Å². The Hall–Kier alpha value is -2.88. The van der Waals surface area contributed by atoms with Crippen LogP contribution in [0.2, 0.25) is 0 Å². The van der Waals surface area contributed by atoms with Gasteiger partial charge in [-0.25, -0.2) is 4.68 Å². The van der Waals surface area contributed by atoms with Crippen molar-refractivity contribution >= 4 is 5.91 Å². The zero-order valence-corrected chi connectivity index (χ0v) is 14.1. The van der Waals surface area contributed by atoms with Crippen molar-refractivity contribution in [3.63, 3.8) is 0 Å². The van der Waals surface area contributed by atoms with Crippen molar-refractivity contribution in [3.8, 4) is 5.69 Å². The maximum Gasteiger partial charge on any atom is 0.274 e. The second kappa shape index (κ2) is 6.93. The van der Waals surface area contributed by atoms with E-state index in [-0.39, 0.29) is 5.91 Å². The third-order valence-corrected chi connectivity index (χ3v) is 4.88. The summed E-state index contributed by atoms with van der Waals surface area (Å²) in [5.41, 5.74) is 2.86. The average Bonchev–Trinajstić information content (AvgIpc) is 3.19. The van der Waals surface area contributed by atoms with Crippen molar-refractivity contribution < 1.29 is 4.79 Å². The van der Waals surface area contributed by atoms with Crippen molar-refractivity contribution in [1.29, 1.82) is 0 Å². The highest BCUT2D eigenvalue weighted by Gasteiger charge is 2.25. The maximum atomic E-state index is 12.7. The van der Waals surface area contributed by atoms with Gasteiger partial charge in [-0.15, -0.1) is 0 Å². The van der Waals surface area contributed by atoms with Crippen LogP contribution >= 0.6 is 0 Å². The van der Waals surface area contributed by atoms with E-state index in [1.54, 1.807) is 10.7 Å². The average molecular weight is 331 g/mol. The fraction of sp³-hybridized carbons (Fsp3) is 0.238. The number of aromatic nitrogens is 2. The number of amides is 1. The molecule has 25 heavy (non-hydrogen) atoms. The van der Waals surface area contributed by atoms with E-state index in [0.717, 1.165) is 31.6 Å². The smallest absolute Gasteiger partial charge is 0.274 e. The standard InChI is InChI=1S/C21H21N3O/c25-21(20-13-16-24(22-20)19-9-5-2-6-10-19)23-14-11-18(12-15-23)17-7-3-1-4-8-17/h1-10,13,16,18H,11-12,14-15H2. The zero-order valence-electron chi connectivity index (χ0n) is 14.1. The molecule has 1 fully saturated rings. The van der Waals surface area contributed by atoms with E-state index < -0.39 is 0 Å². The molecule has 0 aliphatic carbocycles. The maximum absolute atomic E-state index is 12.7. The minimum absolute atomic E-state index is 0.0289. The van der Waals surface area contributed by atoms with Gasteiger partial charge < -0.3 is 4.90 Å². The number of benzene rings is 2. The van der Waals surface area contributed by atoms with Gasteiger partial charge in [0.1, 0.15) is 0 Å². The van der Waals surface area contributed by atoms with E-state index >= 15 is 0 Å². The Bertz CT molecular complexity index is 834. The lowest BCUT2D eigenvalue weighted by Crippen LogP contribution is -2.38. The van der Waals surface area contributed by atoms with Crippen LogP contribution in [0, 0.1) is 0 Å². The normalized spacial score (nSPS) is 15.3. The number of hydrogen-bond donors (Lipinski definition) is 0. The summed E-state index contributed by atoms with van der Waals surface area (Å²) in [5, 5.41) is 4.46. The fourth-order valence-corrected chi connectivity index (χ4v) is 3.47. The topological polar surface area (TPSA) is 38.1 Å². The Kier molecular flexibility index (Phi) is 4.34. The molecule has 0 unspecified atom stereocenters. The SMILES string of the molecule is O=C(c1ccn(-c2ccccc2)n1)N1CCC(c2ccccc2)CC1. The Morgan fingerprint density at radius 1 is 0.880 bits per heavy atom. The van der Waals surface area contributed by atoms with Crippen LogP contribution in [0.1, 0.15) is 34.8 Å². The minimum atomic E-state index is 0.0289. The van der Waals surface area contributed by atoms with E-state index in [2.05, 4.69) is 29.4 Å². The van der Waals surface area contributed by atoms with Crippen LogP contribution in [0.15, 0.2) is 72.9 Å². The number of carbonyl (C=O) groups is 1. The summed E-state index contributed by atoms with van der Waals surface area (Å²) in [6.07, 6.45) is 3.86. The summed E-state index contributed by atoms with van der Waals surface area (Å²) in [4.78, 5) is 14.7. The van der Waals surface area contributed by atoms with E-state index in [9.17, 15) is 4.79 Å². The fourth-order valence-electron chi connectivity index (χ4n) is 3.47. The molecule has 1 saturated heterocycles. The van der Waals surface area contributed by atoms with Crippen molar-refractivity contribution in [2.75, 3.05) is 13.1 Å². The van der Waals surface area contributed by atoms with Crippen LogP contribution < -0.4 is 0 Å². The zero-order chi connectivity index (χ0) is 17.1. The quantitative estimate of drug-likeness (QED) is 0.730. The lowest BCUT2D eigenvalue weighted by Gasteiger charge is -2.31. The lowest BCUT2D eigenvalue weighted by atomic mass is 9.89. The van der Waals surface area contributed by atoms with Gasteiger partial charge in [-0.3, -0.25) is 4.79 Å². The predicted octanol–water partition coefficient (Wildman–Crippen LogP) is 3.89. The molecule has 3 aromatic rings. The Balaban J connectivity index is 1.42. The highest BCUT2D eigenvalue weighted by atomic mass is 16.2. The van der Waals surface area contributed by atoms with Gasteiger partial charge >= 0.3 is 0 Å². The lowest BCUT2D eigenvalue weighted by molar-refractivity contribution is 0.0706. The number of carbonyl (C=O) groups excluding carboxylic acids is 1. The summed E-state index contributed by atoms with van der Waals surface area (Å²) in [5.74, 6) is 0.577. The molecule has 2 heterocycles. The second-order valence-corrected chi connectivity index (χ2v) is 6.46. The van der Waals surface area contributed by atoms with E-state index in [4.69, 9.17) is 0 Å². The van der Waals surface area contributed by atoms with Crippen LogP contribution in [0.5, 0.6) is 0 Å². The molecule has 0 N–H and O–H groups in total. The molecule has 1 aromatic heterocycles. The molecule has 2 aromatic carbocycles. The molecule has 126 valence electrons. The van der Waals surface area contributed by atoms with Gasteiger partial charge in [0.15, 0.2) is 5.69 Å². The molecule has 0 saturated carbocycles. The molecule has 4 nitrogen and oxygen atoms in total. The Morgan fingerprint density at radius 3 is 2.20 bits per heavy atom. The van der Waals surface area contributed by atoms with Crippen molar-refractivity contribution in [2.24, 2.45) is 0 Å². The first-order valence-corrected chi connectivity index (χ1v) is 8.76. The highest BCUT2D eigenvalue weighted by Crippen LogP contribution is 2.28. The van der Waals surface area contributed by atoms with Gasteiger partial charge in [-0.1, -0.05) is 48.5 Å². The van der Waals surface area contributed by atoms with Crippen LogP contribution in [0.3, 0.4) is 0 Å². The second-order valence-electron chi connectivity index (χ2n) is 6.46. The van der Waals surface area contributed by atoms with Gasteiger partial charge in [0, 0.05) is 19.3 Å². The summed E-state index contributed by atoms with van der Waals surface area (Å²) in [6.45, 7) is 1.58. The van der Waals surface area contributed by atoms with Gasteiger partial charge in [-0.2, -0.15) is 5.10 Å². The van der Waals surface area contributed by atoms with Gasteiger partial charge in [0.2, 0.25) is 0 Å². The Labute approximate surface area is 147 Å². The molecule has 1 amide bonds. The third kappa shape index (κ3) is 3.33. The number of nitrogens with zero attached hydrogens (tertiary/aromatic N) is 3. The summed E-state index contributed by atoms with van der Waals surface area (Å²) >= 11 is 0. The van der Waals surface area contributed by atoms with Crippen LogP contribution in [0.25, 0.3) is 5.69 Å². The number of para-hydroxylation sites is 1. The summed E-state index contributed by atoms with van der Waals surface area (Å²) in [7, 11) is 0. The summed E-state index contributed by atoms with van der Waals surface area (Å²) < 4.78 is 1.75. The molecule has 0 atom stereocenters. The first-order chi connectivity index (χ1) is 12.3. The van der Waals surface area contributed by atoms with Crippen molar-refractivity contribution in [3.05, 3.63) is 84.2 Å². The molecule has 0 radical (unpaired) electrons. The Morgan fingerprint density at radius 2 is 1.52 bits per heavy atom. The van der Waals surface area contributed by atoms with Gasteiger partial charge in [0.25, 0.3) is 5.91 Å². The monoisotopic (exact) mass is 331 g/mol. The summed E-state index contributed by atoms with van der Waals surface area (Å²) in [6, 6.07) is 22.2. The number of likely N-dealkylation sites (tertiary alicyclic amines) is 1. The molecular weight excluding hydrogens is 310 g/mol. The van der Waals surface area contributed by atoms with E-state index in [1.807, 2.05) is 47.5 Å². The number of rotatable bonds is 3.